The van der Waals surface area contributed by atoms with E-state index in [0.29, 0.717) is 52.9 Å². The van der Waals surface area contributed by atoms with Crippen LogP contribution in [0.5, 0.6) is 11.5 Å². The van der Waals surface area contributed by atoms with E-state index in [1.165, 1.54) is 29.2 Å². The van der Waals surface area contributed by atoms with E-state index in [4.69, 9.17) is 14.6 Å². The van der Waals surface area contributed by atoms with Crippen LogP contribution in [0.4, 0.5) is 4.39 Å². The Labute approximate surface area is 293 Å². The number of halogens is 1. The number of piperazine rings is 1. The molecule has 2 atom stereocenters. The van der Waals surface area contributed by atoms with E-state index < -0.39 is 11.4 Å². The molecule has 4 aromatic rings. The van der Waals surface area contributed by atoms with Gasteiger partial charge in [0.2, 0.25) is 0 Å². The summed E-state index contributed by atoms with van der Waals surface area (Å²) >= 11 is 1.30. The van der Waals surface area contributed by atoms with Gasteiger partial charge in [-0.1, -0.05) is 0 Å². The average molecular weight is 727 g/mol. The van der Waals surface area contributed by atoms with E-state index in [9.17, 15) is 10.1 Å². The molecule has 2 aromatic heterocycles. The molecule has 0 saturated carbocycles. The number of rotatable bonds is 8. The summed E-state index contributed by atoms with van der Waals surface area (Å²) in [6.07, 6.45) is 4.82. The van der Waals surface area contributed by atoms with Crippen molar-refractivity contribution in [3.05, 3.63) is 72.3 Å². The molecule has 5 heterocycles. The molecule has 13 heteroatoms. The standard InChI is InChI=1S/C36H40AsFN8O3/c1-36(2,45-15-13-43(14-16-45)26-21-48-22-26)18-24(19-39)35(47)44-12-6-7-25(20-44)46-34-31(33(37)40-23-41-34)32(42-46)29-11-10-28(17-30(29)38)49-27-8-4-3-5-9-27/h3-5,8-11,17-18,23,25-26H,6-7,12-16,20-22,37H2,1-2H3/b24-18-/t25-/m0/s1. The van der Waals surface area contributed by atoms with Gasteiger partial charge in [-0.05, 0) is 0 Å². The number of fused-ring (bicyclic) bond motifs is 1. The first-order valence-electron chi connectivity index (χ1n) is 16.7. The number of aromatic nitrogens is 4. The molecule has 11 nitrogen and oxygen atoms in total. The van der Waals surface area contributed by atoms with Crippen LogP contribution in [-0.2, 0) is 9.53 Å². The Kier molecular flexibility index (Phi) is 9.53. The van der Waals surface area contributed by atoms with E-state index in [2.05, 4.69) is 39.7 Å². The summed E-state index contributed by atoms with van der Waals surface area (Å²) < 4.78 is 29.5. The summed E-state index contributed by atoms with van der Waals surface area (Å²) in [5.74, 6) is 0.242. The molecular weight excluding hydrogens is 686 g/mol. The van der Waals surface area contributed by atoms with Crippen LogP contribution in [0, 0.1) is 17.1 Å². The first-order valence-corrected chi connectivity index (χ1v) is 17.9. The Morgan fingerprint density at radius 3 is 2.53 bits per heavy atom. The van der Waals surface area contributed by atoms with Gasteiger partial charge in [-0.2, -0.15) is 0 Å². The molecule has 3 aliphatic rings. The molecule has 0 bridgehead atoms. The van der Waals surface area contributed by atoms with Crippen LogP contribution in [0.15, 0.2) is 66.5 Å². The van der Waals surface area contributed by atoms with Crippen molar-refractivity contribution >= 4 is 38.3 Å². The van der Waals surface area contributed by atoms with Crippen molar-refractivity contribution in [2.75, 3.05) is 52.5 Å². The fourth-order valence-electron chi connectivity index (χ4n) is 7.01. The molecule has 0 N–H and O–H groups in total. The molecule has 3 fully saturated rings. The molecular formula is C36H40AsFN8O3. The Morgan fingerprint density at radius 2 is 1.84 bits per heavy atom. The zero-order valence-electron chi connectivity index (χ0n) is 27.8. The number of amides is 1. The fourth-order valence-corrected chi connectivity index (χ4v) is 7.71. The van der Waals surface area contributed by atoms with Crippen LogP contribution in [0.3, 0.4) is 0 Å². The monoisotopic (exact) mass is 726 g/mol. The van der Waals surface area contributed by atoms with Gasteiger partial charge in [0.1, 0.15) is 0 Å². The third kappa shape index (κ3) is 6.86. The molecule has 49 heavy (non-hydrogen) atoms. The second-order valence-electron chi connectivity index (χ2n) is 13.4. The number of nitriles is 1. The molecule has 3 aliphatic heterocycles. The molecule has 0 radical (unpaired) electrons. The number of ether oxygens (including phenoxy) is 2. The molecule has 0 aliphatic carbocycles. The Hall–Kier alpha value is -4.14. The molecule has 254 valence electrons. The van der Waals surface area contributed by atoms with Gasteiger partial charge in [-0.25, -0.2) is 0 Å². The maximum absolute atomic E-state index is 15.7. The molecule has 0 spiro atoms. The van der Waals surface area contributed by atoms with Crippen LogP contribution < -0.4 is 9.22 Å². The molecule has 2 aromatic carbocycles. The Bertz CT molecular complexity index is 1910. The van der Waals surface area contributed by atoms with Gasteiger partial charge in [0.05, 0.1) is 19.3 Å². The summed E-state index contributed by atoms with van der Waals surface area (Å²) in [5.41, 5.74) is 1.05. The van der Waals surface area contributed by atoms with Crippen molar-refractivity contribution in [3.63, 3.8) is 0 Å². The van der Waals surface area contributed by atoms with Gasteiger partial charge in [0, 0.05) is 26.2 Å². The molecule has 1 unspecified atom stereocenters. The van der Waals surface area contributed by atoms with Gasteiger partial charge in [-0.3, -0.25) is 4.90 Å². The Balaban J connectivity index is 1.11. The van der Waals surface area contributed by atoms with Crippen molar-refractivity contribution in [3.8, 4) is 28.8 Å². The zero-order valence-corrected chi connectivity index (χ0v) is 30.2. The second kappa shape index (κ2) is 14.0. The summed E-state index contributed by atoms with van der Waals surface area (Å²) in [6, 6.07) is 16.5. The smallest absolute Gasteiger partial charge is 0.378 e. The van der Waals surface area contributed by atoms with E-state index in [-0.39, 0.29) is 17.5 Å². The van der Waals surface area contributed by atoms with Crippen molar-refractivity contribution in [1.29, 1.82) is 5.26 Å². The SMILES string of the molecule is CC(C)(/C=C(/C#N)C(=O)N1CCC[C@H](n2nc(-c3ccc(Oc4ccccc4)cc3F)c3c([AsH2])ncnc32)C1)N1CCN(C2COC2)CC1. The van der Waals surface area contributed by atoms with Gasteiger partial charge >= 0.3 is 240 Å². The number of nitrogens with zero attached hydrogens (tertiary/aromatic N) is 8. The second-order valence-corrected chi connectivity index (χ2v) is 14.5. The van der Waals surface area contributed by atoms with E-state index in [1.54, 1.807) is 17.0 Å². The van der Waals surface area contributed by atoms with Crippen molar-refractivity contribution < 1.29 is 18.7 Å². The number of hydrogen-bond acceptors (Lipinski definition) is 9. The predicted octanol–water partition coefficient (Wildman–Crippen LogP) is 3.09. The number of carbonyl (C=O) groups is 1. The van der Waals surface area contributed by atoms with E-state index in [1.807, 2.05) is 41.1 Å². The topological polar surface area (TPSA) is 113 Å². The third-order valence-corrected chi connectivity index (χ3v) is 10.8. The van der Waals surface area contributed by atoms with Gasteiger partial charge < -0.3 is 4.74 Å². The van der Waals surface area contributed by atoms with Crippen LogP contribution in [-0.4, -0.2) is 121 Å². The number of piperidine rings is 1. The minimum absolute atomic E-state index is 0.146. The van der Waals surface area contributed by atoms with Gasteiger partial charge in [0.15, 0.2) is 0 Å². The molecule has 7 rings (SSSR count). The third-order valence-electron chi connectivity index (χ3n) is 9.84. The van der Waals surface area contributed by atoms with E-state index in [0.717, 1.165) is 56.7 Å². The van der Waals surface area contributed by atoms with Crippen molar-refractivity contribution in [2.24, 2.45) is 0 Å². The number of para-hydroxylation sites is 1. The first kappa shape index (κ1) is 33.4. The zero-order chi connectivity index (χ0) is 34.1. The number of carbonyl (C=O) groups excluding carboxylic acids is 1. The van der Waals surface area contributed by atoms with Crippen LogP contribution >= 0.6 is 0 Å². The Morgan fingerprint density at radius 1 is 1.06 bits per heavy atom. The molecule has 1 amide bonds. The number of likely N-dealkylation sites (tertiary alicyclic amines) is 1. The van der Waals surface area contributed by atoms with Crippen molar-refractivity contribution in [1.82, 2.24) is 34.4 Å². The normalized spacial score (nSPS) is 19.9. The van der Waals surface area contributed by atoms with Crippen LogP contribution in [0.2, 0.25) is 0 Å². The summed E-state index contributed by atoms with van der Waals surface area (Å²) in [7, 11) is 0. The number of benzene rings is 2. The summed E-state index contributed by atoms with van der Waals surface area (Å²) in [5, 5.41) is 15.8. The van der Waals surface area contributed by atoms with Gasteiger partial charge in [0.25, 0.3) is 0 Å². The van der Waals surface area contributed by atoms with Crippen molar-refractivity contribution in [2.45, 2.75) is 44.3 Å². The maximum atomic E-state index is 15.7. The fraction of sp³-hybridized carbons (Fsp3) is 0.417. The predicted molar refractivity (Wildman–Crippen MR) is 186 cm³/mol. The minimum Gasteiger partial charge on any atom is -0.378 e. The molecule has 3 saturated heterocycles. The summed E-state index contributed by atoms with van der Waals surface area (Å²) in [6.45, 7) is 10.2. The van der Waals surface area contributed by atoms with E-state index >= 15 is 4.39 Å². The first-order chi connectivity index (χ1) is 23.7. The van der Waals surface area contributed by atoms with Crippen LogP contribution in [0.25, 0.3) is 22.3 Å². The number of hydrogen-bond donors (Lipinski definition) is 0. The van der Waals surface area contributed by atoms with Gasteiger partial charge in [-0.15, -0.1) is 0 Å². The quantitative estimate of drug-likeness (QED) is 0.154. The average Bonchev–Trinajstić information content (AvgIpc) is 3.48. The van der Waals surface area contributed by atoms with Crippen LogP contribution in [0.1, 0.15) is 32.7 Å². The summed E-state index contributed by atoms with van der Waals surface area (Å²) in [4.78, 5) is 29.4. The minimum atomic E-state index is -0.471.